The van der Waals surface area contributed by atoms with Crippen LogP contribution in [0.15, 0.2) is 48.9 Å². The first-order valence-electron chi connectivity index (χ1n) is 13.7. The minimum Gasteiger partial charge on any atom is -0.474 e. The van der Waals surface area contributed by atoms with Crippen LogP contribution < -0.4 is 10.1 Å². The van der Waals surface area contributed by atoms with Gasteiger partial charge < -0.3 is 15.0 Å². The number of hydrogen-bond donors (Lipinski definition) is 2. The standard InChI is InChI=1S/C29H32N6O3S/c30-14-19-5-9-24(10-6-19)38-29(22-2-1-12-31-15-22)39(36,37)18-20-3-7-21(8-4-20)27-26-23(17-34-35-27)16-33-28-25(26)11-13-32-28/h5-6,9-11,13,16-17,20-22,29,31H,1-4,7-8,12,15,18H2,(H,32,33). The number of fused-ring (bicyclic) bond motifs is 3. The van der Waals surface area contributed by atoms with Gasteiger partial charge in [-0.05, 0) is 81.3 Å². The van der Waals surface area contributed by atoms with Crippen molar-refractivity contribution in [2.75, 3.05) is 18.8 Å². The second-order valence-electron chi connectivity index (χ2n) is 10.8. The minimum absolute atomic E-state index is 0.0757. The van der Waals surface area contributed by atoms with Crippen molar-refractivity contribution in [3.63, 3.8) is 0 Å². The number of pyridine rings is 1. The largest absolute Gasteiger partial charge is 0.474 e. The van der Waals surface area contributed by atoms with E-state index in [1.54, 1.807) is 30.5 Å². The van der Waals surface area contributed by atoms with E-state index >= 15 is 0 Å². The number of H-pyrrole nitrogens is 1. The molecule has 39 heavy (non-hydrogen) atoms. The lowest BCUT2D eigenvalue weighted by Gasteiger charge is -2.33. The van der Waals surface area contributed by atoms with E-state index in [-0.39, 0.29) is 23.5 Å². The molecular formula is C29H32N6O3S. The molecule has 1 aliphatic heterocycles. The van der Waals surface area contributed by atoms with Crippen LogP contribution in [0.2, 0.25) is 0 Å². The molecule has 4 heterocycles. The minimum atomic E-state index is -3.54. The van der Waals surface area contributed by atoms with Crippen LogP contribution in [-0.2, 0) is 9.84 Å². The molecule has 202 valence electrons. The number of nitrogens with one attached hydrogen (secondary N) is 2. The van der Waals surface area contributed by atoms with Crippen LogP contribution in [0.5, 0.6) is 5.75 Å². The van der Waals surface area contributed by atoms with E-state index in [0.29, 0.717) is 17.9 Å². The van der Waals surface area contributed by atoms with Crippen molar-refractivity contribution < 1.29 is 13.2 Å². The molecule has 2 fully saturated rings. The van der Waals surface area contributed by atoms with Crippen molar-refractivity contribution in [2.24, 2.45) is 11.8 Å². The van der Waals surface area contributed by atoms with Gasteiger partial charge in [0, 0.05) is 46.9 Å². The summed E-state index contributed by atoms with van der Waals surface area (Å²) in [6, 6.07) is 10.8. The Morgan fingerprint density at radius 3 is 2.64 bits per heavy atom. The first-order valence-corrected chi connectivity index (χ1v) is 15.4. The summed E-state index contributed by atoms with van der Waals surface area (Å²) in [5.74, 6) is 0.793. The summed E-state index contributed by atoms with van der Waals surface area (Å²) in [6.07, 6.45) is 10.6. The lowest BCUT2D eigenvalue weighted by Crippen LogP contribution is -2.45. The normalized spacial score (nSPS) is 22.9. The lowest BCUT2D eigenvalue weighted by molar-refractivity contribution is 0.177. The summed E-state index contributed by atoms with van der Waals surface area (Å²) in [6.45, 7) is 1.52. The quantitative estimate of drug-likeness (QED) is 0.348. The van der Waals surface area contributed by atoms with Gasteiger partial charge in [0.2, 0.25) is 5.44 Å². The maximum atomic E-state index is 13.8. The Morgan fingerprint density at radius 1 is 1.08 bits per heavy atom. The van der Waals surface area contributed by atoms with E-state index in [1.807, 2.05) is 18.5 Å². The molecular weight excluding hydrogens is 512 g/mol. The molecule has 9 nitrogen and oxygen atoms in total. The summed E-state index contributed by atoms with van der Waals surface area (Å²) < 4.78 is 33.8. The van der Waals surface area contributed by atoms with Crippen LogP contribution in [0.4, 0.5) is 0 Å². The van der Waals surface area contributed by atoms with Crippen LogP contribution in [0, 0.1) is 23.2 Å². The van der Waals surface area contributed by atoms with Crippen molar-refractivity contribution in [1.29, 1.82) is 5.26 Å². The number of nitriles is 1. The number of hydrogen-bond acceptors (Lipinski definition) is 8. The zero-order valence-electron chi connectivity index (χ0n) is 21.7. The zero-order valence-corrected chi connectivity index (χ0v) is 22.5. The molecule has 0 amide bonds. The third-order valence-corrected chi connectivity index (χ3v) is 10.4. The third-order valence-electron chi connectivity index (χ3n) is 8.25. The number of benzene rings is 1. The van der Waals surface area contributed by atoms with Gasteiger partial charge in [-0.3, -0.25) is 0 Å². The van der Waals surface area contributed by atoms with E-state index in [1.165, 1.54) is 0 Å². The van der Waals surface area contributed by atoms with Gasteiger partial charge >= 0.3 is 0 Å². The second kappa shape index (κ2) is 10.9. The Hall–Kier alpha value is -3.55. The average molecular weight is 545 g/mol. The highest BCUT2D eigenvalue weighted by molar-refractivity contribution is 7.91. The molecule has 1 saturated heterocycles. The van der Waals surface area contributed by atoms with Gasteiger partial charge in [0.25, 0.3) is 0 Å². The van der Waals surface area contributed by atoms with Gasteiger partial charge in [0.05, 0.1) is 29.3 Å². The summed E-state index contributed by atoms with van der Waals surface area (Å²) in [7, 11) is -3.54. The number of sulfone groups is 1. The van der Waals surface area contributed by atoms with Crippen molar-refractivity contribution in [3.05, 3.63) is 60.2 Å². The molecule has 0 radical (unpaired) electrons. The number of aromatic nitrogens is 4. The molecule has 2 atom stereocenters. The van der Waals surface area contributed by atoms with E-state index in [0.717, 1.165) is 72.6 Å². The Morgan fingerprint density at radius 2 is 1.90 bits per heavy atom. The zero-order chi connectivity index (χ0) is 26.8. The average Bonchev–Trinajstić information content (AvgIpc) is 3.46. The highest BCUT2D eigenvalue weighted by atomic mass is 32.2. The van der Waals surface area contributed by atoms with E-state index in [4.69, 9.17) is 10.00 Å². The monoisotopic (exact) mass is 544 g/mol. The van der Waals surface area contributed by atoms with Gasteiger partial charge in [-0.25, -0.2) is 13.4 Å². The molecule has 3 aromatic heterocycles. The van der Waals surface area contributed by atoms with Gasteiger partial charge in [0.1, 0.15) is 11.4 Å². The van der Waals surface area contributed by atoms with E-state index < -0.39 is 15.3 Å². The smallest absolute Gasteiger partial charge is 0.203 e. The molecule has 2 unspecified atom stereocenters. The summed E-state index contributed by atoms with van der Waals surface area (Å²) in [5.41, 5.74) is 1.43. The molecule has 6 rings (SSSR count). The summed E-state index contributed by atoms with van der Waals surface area (Å²) >= 11 is 0. The Kier molecular flexibility index (Phi) is 7.19. The molecule has 1 saturated carbocycles. The molecule has 1 aliphatic carbocycles. The lowest BCUT2D eigenvalue weighted by atomic mass is 9.80. The van der Waals surface area contributed by atoms with Crippen LogP contribution in [0.3, 0.4) is 0 Å². The second-order valence-corrected chi connectivity index (χ2v) is 13.0. The fraction of sp³-hybridized carbons (Fsp3) is 0.448. The molecule has 2 aliphatic rings. The first-order chi connectivity index (χ1) is 19.0. The topological polar surface area (TPSA) is 134 Å². The number of ether oxygens (including phenoxy) is 1. The fourth-order valence-electron chi connectivity index (χ4n) is 6.24. The third kappa shape index (κ3) is 5.34. The van der Waals surface area contributed by atoms with Gasteiger partial charge in [0.15, 0.2) is 9.84 Å². The molecule has 1 aromatic carbocycles. The van der Waals surface area contributed by atoms with E-state index in [9.17, 15) is 8.42 Å². The van der Waals surface area contributed by atoms with Crippen LogP contribution >= 0.6 is 0 Å². The Labute approximate surface area is 227 Å². The SMILES string of the molecule is N#Cc1ccc(OC(C2CCCNC2)S(=O)(=O)CC2CCC(c3nncc4cnc5[nH]ccc5c34)CC2)cc1. The maximum absolute atomic E-state index is 13.8. The highest BCUT2D eigenvalue weighted by Gasteiger charge is 2.39. The molecule has 10 heteroatoms. The molecule has 4 aromatic rings. The first kappa shape index (κ1) is 25.7. The Bertz CT molecular complexity index is 1600. The molecule has 0 bridgehead atoms. The summed E-state index contributed by atoms with van der Waals surface area (Å²) in [5, 5.41) is 24.3. The van der Waals surface area contributed by atoms with Gasteiger partial charge in [-0.15, -0.1) is 0 Å². The highest BCUT2D eigenvalue weighted by Crippen LogP contribution is 2.40. The predicted octanol–water partition coefficient (Wildman–Crippen LogP) is 4.47. The number of piperidine rings is 1. The predicted molar refractivity (Wildman–Crippen MR) is 149 cm³/mol. The molecule has 2 N–H and O–H groups in total. The Balaban J connectivity index is 1.18. The molecule has 0 spiro atoms. The van der Waals surface area contributed by atoms with Crippen LogP contribution in [0.1, 0.15) is 55.7 Å². The maximum Gasteiger partial charge on any atom is 0.203 e. The number of aromatic amines is 1. The van der Waals surface area contributed by atoms with Crippen LogP contribution in [0.25, 0.3) is 21.8 Å². The summed E-state index contributed by atoms with van der Waals surface area (Å²) in [4.78, 5) is 7.66. The van der Waals surface area contributed by atoms with Crippen molar-refractivity contribution in [1.82, 2.24) is 25.5 Å². The number of rotatable bonds is 7. The number of nitrogens with zero attached hydrogens (tertiary/aromatic N) is 4. The van der Waals surface area contributed by atoms with Gasteiger partial charge in [-0.1, -0.05) is 0 Å². The van der Waals surface area contributed by atoms with Crippen molar-refractivity contribution in [2.45, 2.75) is 49.9 Å². The van der Waals surface area contributed by atoms with Crippen LogP contribution in [-0.4, -0.2) is 52.9 Å². The van der Waals surface area contributed by atoms with Crippen molar-refractivity contribution in [3.8, 4) is 11.8 Å². The fourth-order valence-corrected chi connectivity index (χ4v) is 8.49. The van der Waals surface area contributed by atoms with Gasteiger partial charge in [-0.2, -0.15) is 15.5 Å². The van der Waals surface area contributed by atoms with Crippen molar-refractivity contribution >= 4 is 31.6 Å². The van der Waals surface area contributed by atoms with E-state index in [2.05, 4.69) is 31.6 Å².